The number of hydrogen-bond acceptors (Lipinski definition) is 5. The molecular formula is C45H41N3O3S. The van der Waals surface area contributed by atoms with Gasteiger partial charge in [0.05, 0.1) is 11.3 Å². The summed E-state index contributed by atoms with van der Waals surface area (Å²) in [5, 5.41) is 15.6. The zero-order valence-electron chi connectivity index (χ0n) is 29.3. The molecule has 5 aromatic carbocycles. The highest BCUT2D eigenvalue weighted by molar-refractivity contribution is 8.14. The Labute approximate surface area is 309 Å². The SMILES string of the molecule is CCCC(C)(Nc1ccc(/C=C/c2ccc(/C=C3\N=C(SCC(=O)O)NC3=O)cc2)cc1)c1ccc(C=C(c2ccccc2)c2ccccc2)cc1. The molecule has 3 N–H and O–H groups in total. The second-order valence-electron chi connectivity index (χ2n) is 12.8. The molecule has 0 bridgehead atoms. The lowest BCUT2D eigenvalue weighted by atomic mass is 9.86. The van der Waals surface area contributed by atoms with Crippen LogP contribution < -0.4 is 10.6 Å². The lowest BCUT2D eigenvalue weighted by molar-refractivity contribution is -0.133. The van der Waals surface area contributed by atoms with Crippen molar-refractivity contribution >= 4 is 64.4 Å². The Hall–Kier alpha value is -5.92. The van der Waals surface area contributed by atoms with E-state index in [4.69, 9.17) is 5.11 Å². The number of carboxylic acids is 1. The van der Waals surface area contributed by atoms with Crippen LogP contribution in [0.15, 0.2) is 144 Å². The van der Waals surface area contributed by atoms with Gasteiger partial charge < -0.3 is 10.4 Å². The number of benzene rings is 5. The van der Waals surface area contributed by atoms with E-state index in [1.54, 1.807) is 6.08 Å². The van der Waals surface area contributed by atoms with Crippen LogP contribution in [0.1, 0.15) is 65.6 Å². The maximum absolute atomic E-state index is 12.2. The lowest BCUT2D eigenvalue weighted by Gasteiger charge is -2.33. The van der Waals surface area contributed by atoms with Crippen molar-refractivity contribution in [2.45, 2.75) is 32.2 Å². The van der Waals surface area contributed by atoms with Crippen molar-refractivity contribution in [3.8, 4) is 0 Å². The fraction of sp³-hybridized carbons (Fsp3) is 0.133. The summed E-state index contributed by atoms with van der Waals surface area (Å²) in [6.07, 6.45) is 10.1. The van der Waals surface area contributed by atoms with Gasteiger partial charge in [0.1, 0.15) is 5.70 Å². The molecule has 1 unspecified atom stereocenters. The predicted octanol–water partition coefficient (Wildman–Crippen LogP) is 10.2. The lowest BCUT2D eigenvalue weighted by Crippen LogP contribution is -2.31. The van der Waals surface area contributed by atoms with Gasteiger partial charge in [-0.1, -0.05) is 159 Å². The fourth-order valence-corrected chi connectivity index (χ4v) is 6.74. The molecule has 260 valence electrons. The van der Waals surface area contributed by atoms with E-state index >= 15 is 0 Å². The smallest absolute Gasteiger partial charge is 0.313 e. The number of thioether (sulfide) groups is 1. The first-order valence-electron chi connectivity index (χ1n) is 17.3. The Balaban J connectivity index is 1.11. The molecule has 6 nitrogen and oxygen atoms in total. The number of carboxylic acid groups (broad SMARTS) is 1. The molecule has 1 aliphatic heterocycles. The van der Waals surface area contributed by atoms with Crippen LogP contribution in [0.3, 0.4) is 0 Å². The topological polar surface area (TPSA) is 90.8 Å². The summed E-state index contributed by atoms with van der Waals surface area (Å²) >= 11 is 0.985. The minimum Gasteiger partial charge on any atom is -0.481 e. The van der Waals surface area contributed by atoms with E-state index < -0.39 is 5.97 Å². The zero-order valence-corrected chi connectivity index (χ0v) is 30.1. The van der Waals surface area contributed by atoms with Gasteiger partial charge in [0.2, 0.25) is 0 Å². The van der Waals surface area contributed by atoms with E-state index in [0.29, 0.717) is 5.17 Å². The van der Waals surface area contributed by atoms with Crippen LogP contribution in [0.2, 0.25) is 0 Å². The van der Waals surface area contributed by atoms with Crippen molar-refractivity contribution in [2.75, 3.05) is 11.1 Å². The highest BCUT2D eigenvalue weighted by atomic mass is 32.2. The number of carbonyl (C=O) groups excluding carboxylic acids is 1. The average molecular weight is 704 g/mol. The molecule has 52 heavy (non-hydrogen) atoms. The molecule has 1 atom stereocenters. The third-order valence-electron chi connectivity index (χ3n) is 8.82. The molecule has 7 heteroatoms. The Kier molecular flexibility index (Phi) is 11.6. The van der Waals surface area contributed by atoms with Crippen LogP contribution in [-0.2, 0) is 15.1 Å². The van der Waals surface area contributed by atoms with Crippen molar-refractivity contribution in [3.05, 3.63) is 178 Å². The van der Waals surface area contributed by atoms with Gasteiger partial charge >= 0.3 is 5.97 Å². The molecule has 0 aliphatic carbocycles. The molecule has 0 saturated carbocycles. The number of aliphatic imine (C=N–C) groups is 1. The highest BCUT2D eigenvalue weighted by Crippen LogP contribution is 2.33. The van der Waals surface area contributed by atoms with Gasteiger partial charge in [-0.25, -0.2) is 4.99 Å². The molecule has 6 rings (SSSR count). The molecule has 0 aromatic heterocycles. The summed E-state index contributed by atoms with van der Waals surface area (Å²) in [6.45, 7) is 4.50. The standard InChI is InChI=1S/C45H41N3O3S/c1-3-28-45(2,38-24-20-34(21-25-38)29-40(36-10-6-4-7-11-36)37-12-8-5-9-13-37)48-39-26-22-33(23-27-39)15-14-32-16-18-35(19-17-32)30-41-43(51)47-44(46-41)52-31-42(49)50/h4-27,29-30,48H,3,28,31H2,1-2H3,(H,49,50)(H,46,47,51)/b15-14+,41-30-. The third kappa shape index (κ3) is 9.44. The van der Waals surface area contributed by atoms with E-state index in [2.05, 4.69) is 157 Å². The first-order chi connectivity index (χ1) is 25.3. The Morgan fingerprint density at radius 2 is 1.31 bits per heavy atom. The summed E-state index contributed by atoms with van der Waals surface area (Å²) in [5.41, 5.74) is 10.00. The molecule has 1 aliphatic rings. The number of amides is 1. The summed E-state index contributed by atoms with van der Waals surface area (Å²) < 4.78 is 0. The summed E-state index contributed by atoms with van der Waals surface area (Å²) in [4.78, 5) is 27.2. The van der Waals surface area contributed by atoms with E-state index in [1.807, 2.05) is 24.3 Å². The van der Waals surface area contributed by atoms with Gasteiger partial charge in [-0.3, -0.25) is 14.9 Å². The number of carbonyl (C=O) groups is 2. The number of aliphatic carboxylic acids is 1. The number of nitrogens with one attached hydrogen (secondary N) is 2. The van der Waals surface area contributed by atoms with E-state index in [-0.39, 0.29) is 22.9 Å². The quantitative estimate of drug-likeness (QED) is 0.0839. The van der Waals surface area contributed by atoms with Crippen molar-refractivity contribution in [1.82, 2.24) is 5.32 Å². The monoisotopic (exact) mass is 703 g/mol. The Morgan fingerprint density at radius 1 is 0.769 bits per heavy atom. The predicted molar refractivity (Wildman–Crippen MR) is 218 cm³/mol. The summed E-state index contributed by atoms with van der Waals surface area (Å²) in [7, 11) is 0. The molecular weight excluding hydrogens is 663 g/mol. The van der Waals surface area contributed by atoms with Gasteiger partial charge in [-0.2, -0.15) is 0 Å². The third-order valence-corrected chi connectivity index (χ3v) is 9.68. The normalized spacial score (nSPS) is 14.5. The highest BCUT2D eigenvalue weighted by Gasteiger charge is 2.25. The van der Waals surface area contributed by atoms with Crippen molar-refractivity contribution in [2.24, 2.45) is 4.99 Å². The molecule has 0 saturated heterocycles. The fourth-order valence-electron chi connectivity index (χ4n) is 6.16. The van der Waals surface area contributed by atoms with Crippen molar-refractivity contribution < 1.29 is 14.7 Å². The van der Waals surface area contributed by atoms with Crippen LogP contribution in [0.4, 0.5) is 5.69 Å². The largest absolute Gasteiger partial charge is 0.481 e. The summed E-state index contributed by atoms with van der Waals surface area (Å²) in [6, 6.07) is 46.3. The van der Waals surface area contributed by atoms with Crippen LogP contribution in [0.5, 0.6) is 0 Å². The number of rotatable bonds is 13. The van der Waals surface area contributed by atoms with Crippen molar-refractivity contribution in [1.29, 1.82) is 0 Å². The molecule has 0 radical (unpaired) electrons. The second kappa shape index (κ2) is 16.9. The molecule has 5 aromatic rings. The average Bonchev–Trinajstić information content (AvgIpc) is 3.52. The maximum Gasteiger partial charge on any atom is 0.313 e. The van der Waals surface area contributed by atoms with Crippen LogP contribution in [0.25, 0.3) is 29.9 Å². The van der Waals surface area contributed by atoms with Gasteiger partial charge in [0.15, 0.2) is 5.17 Å². The van der Waals surface area contributed by atoms with E-state index in [1.165, 1.54) is 22.3 Å². The van der Waals surface area contributed by atoms with Crippen LogP contribution in [0, 0.1) is 0 Å². The minimum absolute atomic E-state index is 0.162. The number of hydrogen-bond donors (Lipinski definition) is 3. The molecule has 0 spiro atoms. The number of anilines is 1. The first-order valence-corrected chi connectivity index (χ1v) is 18.3. The van der Waals surface area contributed by atoms with Gasteiger partial charge in [-0.05, 0) is 82.1 Å². The van der Waals surface area contributed by atoms with Crippen LogP contribution >= 0.6 is 11.8 Å². The Bertz CT molecular complexity index is 2080. The number of nitrogens with zero attached hydrogens (tertiary/aromatic N) is 1. The summed E-state index contributed by atoms with van der Waals surface area (Å²) in [5.74, 6) is -1.47. The van der Waals surface area contributed by atoms with E-state index in [0.717, 1.165) is 52.5 Å². The molecule has 1 amide bonds. The Morgan fingerprint density at radius 3 is 1.87 bits per heavy atom. The number of amidine groups is 1. The van der Waals surface area contributed by atoms with Crippen LogP contribution in [-0.4, -0.2) is 27.9 Å². The van der Waals surface area contributed by atoms with Gasteiger partial charge in [0, 0.05) is 5.69 Å². The molecule has 0 fully saturated rings. The van der Waals surface area contributed by atoms with Gasteiger partial charge in [-0.15, -0.1) is 0 Å². The maximum atomic E-state index is 12.2. The van der Waals surface area contributed by atoms with Gasteiger partial charge in [0.25, 0.3) is 5.91 Å². The van der Waals surface area contributed by atoms with E-state index in [9.17, 15) is 9.59 Å². The second-order valence-corrected chi connectivity index (χ2v) is 13.8. The zero-order chi connectivity index (χ0) is 36.3. The van der Waals surface area contributed by atoms with Crippen molar-refractivity contribution in [3.63, 3.8) is 0 Å². The first kappa shape index (κ1) is 35.9. The minimum atomic E-state index is -0.964. The molecule has 1 heterocycles.